The molecule has 2 aromatic carbocycles. The van der Waals surface area contributed by atoms with Gasteiger partial charge in [-0.3, -0.25) is 0 Å². The van der Waals surface area contributed by atoms with Gasteiger partial charge in [0.2, 0.25) is 0 Å². The Balaban J connectivity index is 2.38. The molecule has 2 rings (SSSR count). The minimum atomic E-state index is -1.01. The number of aliphatic hydroxyl groups excluding tert-OH is 1. The van der Waals surface area contributed by atoms with Gasteiger partial charge >= 0.3 is 0 Å². The molecule has 18 heavy (non-hydrogen) atoms. The van der Waals surface area contributed by atoms with Crippen LogP contribution < -0.4 is 0 Å². The first-order valence-corrected chi connectivity index (χ1v) is 5.62. The lowest BCUT2D eigenvalue weighted by atomic mass is 10.0. The normalized spacial score (nSPS) is 11.9. The molecule has 2 aromatic rings. The maximum Gasteiger partial charge on any atom is 0.123 e. The van der Waals surface area contributed by atoms with Crippen molar-refractivity contribution in [3.63, 3.8) is 0 Å². The van der Waals surface area contributed by atoms with Crippen molar-refractivity contribution < 1.29 is 9.50 Å². The predicted molar refractivity (Wildman–Crippen MR) is 66.6 cm³/mol. The third-order valence-corrected chi connectivity index (χ3v) is 2.95. The maximum atomic E-state index is 13.1. The summed E-state index contributed by atoms with van der Waals surface area (Å²) in [6.45, 7) is 0. The molecule has 0 amide bonds. The van der Waals surface area contributed by atoms with E-state index in [1.54, 1.807) is 24.3 Å². The fraction of sp³-hybridized carbons (Fsp3) is 0.0714. The number of hydrogen-bond acceptors (Lipinski definition) is 2. The molecule has 0 bridgehead atoms. The summed E-state index contributed by atoms with van der Waals surface area (Å²) in [7, 11) is 0. The van der Waals surface area contributed by atoms with Gasteiger partial charge in [0, 0.05) is 10.6 Å². The Morgan fingerprint density at radius 1 is 1.17 bits per heavy atom. The number of halogens is 2. The van der Waals surface area contributed by atoms with Gasteiger partial charge in [0.25, 0.3) is 0 Å². The van der Waals surface area contributed by atoms with Crippen molar-refractivity contribution in [3.8, 4) is 6.07 Å². The molecule has 2 nitrogen and oxygen atoms in total. The minimum Gasteiger partial charge on any atom is -0.384 e. The maximum absolute atomic E-state index is 13.1. The summed E-state index contributed by atoms with van der Waals surface area (Å²) >= 11 is 5.92. The van der Waals surface area contributed by atoms with Crippen LogP contribution in [-0.4, -0.2) is 5.11 Å². The molecular weight excluding hydrogens is 253 g/mol. The Labute approximate surface area is 109 Å². The highest BCUT2D eigenvalue weighted by molar-refractivity contribution is 6.31. The van der Waals surface area contributed by atoms with Crippen molar-refractivity contribution in [2.45, 2.75) is 6.10 Å². The van der Waals surface area contributed by atoms with E-state index in [4.69, 9.17) is 16.9 Å². The second-order valence-electron chi connectivity index (χ2n) is 3.80. The van der Waals surface area contributed by atoms with E-state index >= 15 is 0 Å². The molecule has 1 N–H and O–H groups in total. The monoisotopic (exact) mass is 261 g/mol. The van der Waals surface area contributed by atoms with Crippen LogP contribution in [0.5, 0.6) is 0 Å². The Morgan fingerprint density at radius 2 is 1.83 bits per heavy atom. The van der Waals surface area contributed by atoms with Gasteiger partial charge in [0.1, 0.15) is 11.9 Å². The van der Waals surface area contributed by atoms with Crippen LogP contribution in [0.1, 0.15) is 22.8 Å². The highest BCUT2D eigenvalue weighted by Gasteiger charge is 2.14. The summed E-state index contributed by atoms with van der Waals surface area (Å²) in [6.07, 6.45) is -1.01. The molecule has 0 spiro atoms. The van der Waals surface area contributed by atoms with Crippen molar-refractivity contribution in [1.82, 2.24) is 0 Å². The smallest absolute Gasteiger partial charge is 0.123 e. The Hall–Kier alpha value is -1.89. The van der Waals surface area contributed by atoms with Crippen LogP contribution in [0.2, 0.25) is 5.02 Å². The molecule has 0 fully saturated rings. The van der Waals surface area contributed by atoms with Gasteiger partial charge in [-0.1, -0.05) is 23.7 Å². The minimum absolute atomic E-state index is 0.299. The zero-order chi connectivity index (χ0) is 13.1. The van der Waals surface area contributed by atoms with Gasteiger partial charge in [-0.2, -0.15) is 5.26 Å². The molecule has 1 unspecified atom stereocenters. The number of hydrogen-bond donors (Lipinski definition) is 1. The molecule has 0 aliphatic carbocycles. The molecular formula is C14H9ClFNO. The third kappa shape index (κ3) is 2.51. The van der Waals surface area contributed by atoms with E-state index in [0.717, 1.165) is 0 Å². The standard InChI is InChI=1S/C14H9ClFNO/c15-13-6-5-11(16)7-12(13)14(18)10-3-1-9(8-17)2-4-10/h1-7,14,18H. The summed E-state index contributed by atoms with van der Waals surface area (Å²) in [5.74, 6) is -0.456. The second kappa shape index (κ2) is 5.18. The summed E-state index contributed by atoms with van der Waals surface area (Å²) in [4.78, 5) is 0. The van der Waals surface area contributed by atoms with Gasteiger partial charge in [0.15, 0.2) is 0 Å². The van der Waals surface area contributed by atoms with Crippen LogP contribution in [0.3, 0.4) is 0 Å². The third-order valence-electron chi connectivity index (χ3n) is 2.61. The molecule has 1 atom stereocenters. The van der Waals surface area contributed by atoms with Crippen LogP contribution in [0.15, 0.2) is 42.5 Å². The van der Waals surface area contributed by atoms with Gasteiger partial charge in [-0.05, 0) is 35.9 Å². The molecule has 0 aliphatic heterocycles. The first-order valence-electron chi connectivity index (χ1n) is 5.25. The lowest BCUT2D eigenvalue weighted by Crippen LogP contribution is -2.01. The Morgan fingerprint density at radius 3 is 2.44 bits per heavy atom. The Kier molecular flexibility index (Phi) is 3.61. The van der Waals surface area contributed by atoms with Crippen LogP contribution in [-0.2, 0) is 0 Å². The number of aliphatic hydroxyl groups is 1. The van der Waals surface area contributed by atoms with Gasteiger partial charge in [0.05, 0.1) is 11.6 Å². The van der Waals surface area contributed by atoms with Crippen LogP contribution in [0.4, 0.5) is 4.39 Å². The summed E-state index contributed by atoms with van der Waals surface area (Å²) < 4.78 is 13.1. The molecule has 0 radical (unpaired) electrons. The van der Waals surface area contributed by atoms with Crippen molar-refractivity contribution in [2.24, 2.45) is 0 Å². The number of benzene rings is 2. The number of nitriles is 1. The zero-order valence-electron chi connectivity index (χ0n) is 9.27. The molecule has 0 saturated carbocycles. The fourth-order valence-electron chi connectivity index (χ4n) is 1.64. The Bertz CT molecular complexity index is 604. The summed E-state index contributed by atoms with van der Waals surface area (Å²) in [5, 5.41) is 19.1. The second-order valence-corrected chi connectivity index (χ2v) is 4.21. The van der Waals surface area contributed by atoms with Gasteiger partial charge in [-0.15, -0.1) is 0 Å². The highest BCUT2D eigenvalue weighted by atomic mass is 35.5. The average Bonchev–Trinajstić information content (AvgIpc) is 2.41. The molecule has 0 aromatic heterocycles. The van der Waals surface area contributed by atoms with Crippen molar-refractivity contribution in [2.75, 3.05) is 0 Å². The van der Waals surface area contributed by atoms with Crippen LogP contribution >= 0.6 is 11.6 Å². The van der Waals surface area contributed by atoms with Crippen LogP contribution in [0, 0.1) is 17.1 Å². The molecule has 0 saturated heterocycles. The lowest BCUT2D eigenvalue weighted by Gasteiger charge is -2.13. The largest absolute Gasteiger partial charge is 0.384 e. The van der Waals surface area contributed by atoms with E-state index in [9.17, 15) is 9.50 Å². The SMILES string of the molecule is N#Cc1ccc(C(O)c2cc(F)ccc2Cl)cc1. The van der Waals surface area contributed by atoms with E-state index in [1.165, 1.54) is 18.2 Å². The fourth-order valence-corrected chi connectivity index (χ4v) is 1.86. The zero-order valence-corrected chi connectivity index (χ0v) is 10.0. The van der Waals surface area contributed by atoms with Gasteiger partial charge < -0.3 is 5.11 Å². The quantitative estimate of drug-likeness (QED) is 0.900. The average molecular weight is 262 g/mol. The van der Waals surface area contributed by atoms with E-state index in [-0.39, 0.29) is 0 Å². The van der Waals surface area contributed by atoms with E-state index in [0.29, 0.717) is 21.7 Å². The van der Waals surface area contributed by atoms with Gasteiger partial charge in [-0.25, -0.2) is 4.39 Å². The molecule has 0 aliphatic rings. The number of nitrogens with zero attached hydrogens (tertiary/aromatic N) is 1. The molecule has 4 heteroatoms. The first kappa shape index (κ1) is 12.6. The summed E-state index contributed by atoms with van der Waals surface area (Å²) in [6, 6.07) is 12.2. The lowest BCUT2D eigenvalue weighted by molar-refractivity contribution is 0.220. The van der Waals surface area contributed by atoms with Crippen molar-refractivity contribution >= 4 is 11.6 Å². The van der Waals surface area contributed by atoms with Crippen LogP contribution in [0.25, 0.3) is 0 Å². The first-order chi connectivity index (χ1) is 8.61. The van der Waals surface area contributed by atoms with E-state index < -0.39 is 11.9 Å². The van der Waals surface area contributed by atoms with E-state index in [2.05, 4.69) is 0 Å². The van der Waals surface area contributed by atoms with Crippen molar-refractivity contribution in [3.05, 3.63) is 70.0 Å². The number of rotatable bonds is 2. The molecule has 90 valence electrons. The van der Waals surface area contributed by atoms with Crippen molar-refractivity contribution in [1.29, 1.82) is 5.26 Å². The van der Waals surface area contributed by atoms with E-state index in [1.807, 2.05) is 6.07 Å². The summed E-state index contributed by atoms with van der Waals surface area (Å²) in [5.41, 5.74) is 1.36. The highest BCUT2D eigenvalue weighted by Crippen LogP contribution is 2.28. The predicted octanol–water partition coefficient (Wildman–Crippen LogP) is 3.43. The topological polar surface area (TPSA) is 44.0 Å². The molecule has 0 heterocycles.